The molecule has 5 nitrogen and oxygen atoms in total. The van der Waals surface area contributed by atoms with Gasteiger partial charge in [0.15, 0.2) is 11.6 Å². The number of hydrogen-bond acceptors (Lipinski definition) is 3. The summed E-state index contributed by atoms with van der Waals surface area (Å²) in [5, 5.41) is 1.11. The Morgan fingerprint density at radius 1 is 1.38 bits per heavy atom. The number of aromatic amines is 1. The topological polar surface area (TPSA) is 59.9 Å². The summed E-state index contributed by atoms with van der Waals surface area (Å²) in [4.78, 5) is 20.2. The van der Waals surface area contributed by atoms with Gasteiger partial charge in [0.2, 0.25) is 0 Å². The van der Waals surface area contributed by atoms with Gasteiger partial charge in [-0.25, -0.2) is 4.98 Å². The lowest BCUT2D eigenvalue weighted by atomic mass is 9.84. The molecule has 126 valence electrons. The van der Waals surface area contributed by atoms with E-state index in [0.717, 1.165) is 22.2 Å². The molecule has 0 saturated carbocycles. The van der Waals surface area contributed by atoms with Crippen molar-refractivity contribution >= 4 is 16.7 Å². The van der Waals surface area contributed by atoms with E-state index in [0.29, 0.717) is 18.2 Å². The largest absolute Gasteiger partial charge is 0.497 e. The Hall–Kier alpha value is -2.56. The van der Waals surface area contributed by atoms with Crippen LogP contribution in [0.5, 0.6) is 5.75 Å². The van der Waals surface area contributed by atoms with Gasteiger partial charge in [0.05, 0.1) is 7.11 Å². The molecule has 2 aromatic heterocycles. The zero-order valence-electron chi connectivity index (χ0n) is 14.5. The first kappa shape index (κ1) is 16.3. The SMILES string of the molecule is COc1ccc2[nH]cc(C(CC(=O)c3nccn3C)C(C)C)c2c1. The normalized spacial score (nSPS) is 12.7. The van der Waals surface area contributed by atoms with Gasteiger partial charge in [-0.2, -0.15) is 0 Å². The first-order chi connectivity index (χ1) is 11.5. The fourth-order valence-electron chi connectivity index (χ4n) is 3.19. The molecular weight excluding hydrogens is 302 g/mol. The van der Waals surface area contributed by atoms with Crippen molar-refractivity contribution in [2.45, 2.75) is 26.2 Å². The van der Waals surface area contributed by atoms with E-state index in [9.17, 15) is 4.79 Å². The lowest BCUT2D eigenvalue weighted by Gasteiger charge is -2.20. The van der Waals surface area contributed by atoms with Crippen LogP contribution in [-0.4, -0.2) is 27.4 Å². The zero-order chi connectivity index (χ0) is 17.3. The molecule has 0 fully saturated rings. The third-order valence-electron chi connectivity index (χ3n) is 4.60. The van der Waals surface area contributed by atoms with E-state index in [1.54, 1.807) is 24.1 Å². The molecule has 0 saturated heterocycles. The third kappa shape index (κ3) is 2.94. The molecule has 3 rings (SSSR count). The quantitative estimate of drug-likeness (QED) is 0.699. The standard InChI is InChI=1S/C19H23N3O2/c1-12(2)14(10-18(23)19-20-7-8-22(19)3)16-11-21-17-6-5-13(24-4)9-15(16)17/h5-9,11-12,14,21H,10H2,1-4H3. The molecule has 0 spiro atoms. The first-order valence-electron chi connectivity index (χ1n) is 8.16. The zero-order valence-corrected chi connectivity index (χ0v) is 14.5. The van der Waals surface area contributed by atoms with Crippen LogP contribution >= 0.6 is 0 Å². The lowest BCUT2D eigenvalue weighted by Crippen LogP contribution is -2.15. The molecule has 0 amide bonds. The molecule has 5 heteroatoms. The summed E-state index contributed by atoms with van der Waals surface area (Å²) in [6, 6.07) is 5.98. The first-order valence-corrected chi connectivity index (χ1v) is 8.16. The van der Waals surface area contributed by atoms with E-state index in [4.69, 9.17) is 4.74 Å². The van der Waals surface area contributed by atoms with Crippen LogP contribution in [0.15, 0.2) is 36.8 Å². The van der Waals surface area contributed by atoms with Crippen molar-refractivity contribution in [3.63, 3.8) is 0 Å². The Bertz CT molecular complexity index is 861. The van der Waals surface area contributed by atoms with Crippen LogP contribution in [-0.2, 0) is 7.05 Å². The molecule has 2 heterocycles. The fourth-order valence-corrected chi connectivity index (χ4v) is 3.19. The van der Waals surface area contributed by atoms with Crippen molar-refractivity contribution in [3.05, 3.63) is 48.2 Å². The number of fused-ring (bicyclic) bond motifs is 1. The van der Waals surface area contributed by atoms with Gasteiger partial charge in [0, 0.05) is 43.0 Å². The number of methoxy groups -OCH3 is 1. The number of carbonyl (C=O) groups is 1. The summed E-state index contributed by atoms with van der Waals surface area (Å²) in [6.07, 6.45) is 5.91. The minimum atomic E-state index is 0.0680. The van der Waals surface area contributed by atoms with Crippen molar-refractivity contribution in [3.8, 4) is 5.75 Å². The number of ether oxygens (including phenoxy) is 1. The summed E-state index contributed by atoms with van der Waals surface area (Å²) in [5.74, 6) is 1.85. The second kappa shape index (κ2) is 6.51. The maximum absolute atomic E-state index is 12.7. The third-order valence-corrected chi connectivity index (χ3v) is 4.60. The van der Waals surface area contributed by atoms with E-state index >= 15 is 0 Å². The van der Waals surface area contributed by atoms with Gasteiger partial charge in [-0.05, 0) is 35.6 Å². The molecule has 0 aliphatic carbocycles. The number of rotatable bonds is 6. The van der Waals surface area contributed by atoms with E-state index in [1.165, 1.54) is 0 Å². The molecule has 1 atom stereocenters. The Morgan fingerprint density at radius 3 is 2.79 bits per heavy atom. The minimum Gasteiger partial charge on any atom is -0.497 e. The Morgan fingerprint density at radius 2 is 2.17 bits per heavy atom. The highest BCUT2D eigenvalue weighted by molar-refractivity contribution is 5.94. The van der Waals surface area contributed by atoms with E-state index in [2.05, 4.69) is 23.8 Å². The predicted octanol–water partition coefficient (Wildman–Crippen LogP) is 3.92. The van der Waals surface area contributed by atoms with Crippen molar-refractivity contribution in [1.82, 2.24) is 14.5 Å². The average molecular weight is 325 g/mol. The Balaban J connectivity index is 1.97. The number of aryl methyl sites for hydroxylation is 1. The summed E-state index contributed by atoms with van der Waals surface area (Å²) >= 11 is 0. The number of imidazole rings is 1. The minimum absolute atomic E-state index is 0.0680. The Labute approximate surface area is 141 Å². The number of H-pyrrole nitrogens is 1. The van der Waals surface area contributed by atoms with Crippen LogP contribution in [0.3, 0.4) is 0 Å². The number of ketones is 1. The summed E-state index contributed by atoms with van der Waals surface area (Å²) in [6.45, 7) is 4.30. The van der Waals surface area contributed by atoms with Gasteiger partial charge in [-0.15, -0.1) is 0 Å². The molecule has 1 aromatic carbocycles. The predicted molar refractivity (Wildman–Crippen MR) is 94.6 cm³/mol. The smallest absolute Gasteiger partial charge is 0.198 e. The molecule has 0 radical (unpaired) electrons. The van der Waals surface area contributed by atoms with Gasteiger partial charge in [-0.1, -0.05) is 13.8 Å². The molecule has 3 aromatic rings. The molecule has 0 aliphatic rings. The molecule has 1 unspecified atom stereocenters. The number of aromatic nitrogens is 3. The number of benzene rings is 1. The van der Waals surface area contributed by atoms with E-state index in [-0.39, 0.29) is 11.7 Å². The summed E-state index contributed by atoms with van der Waals surface area (Å²) < 4.78 is 7.12. The fraction of sp³-hybridized carbons (Fsp3) is 0.368. The van der Waals surface area contributed by atoms with Gasteiger partial charge < -0.3 is 14.3 Å². The second-order valence-corrected chi connectivity index (χ2v) is 6.50. The van der Waals surface area contributed by atoms with Crippen molar-refractivity contribution < 1.29 is 9.53 Å². The highest BCUT2D eigenvalue weighted by Gasteiger charge is 2.24. The highest BCUT2D eigenvalue weighted by Crippen LogP contribution is 2.35. The van der Waals surface area contributed by atoms with Gasteiger partial charge in [0.1, 0.15) is 5.75 Å². The Kier molecular flexibility index (Phi) is 4.42. The molecule has 1 N–H and O–H groups in total. The van der Waals surface area contributed by atoms with Crippen LogP contribution in [0.1, 0.15) is 42.4 Å². The van der Waals surface area contributed by atoms with Crippen LogP contribution in [0.4, 0.5) is 0 Å². The lowest BCUT2D eigenvalue weighted by molar-refractivity contribution is 0.0953. The van der Waals surface area contributed by atoms with Crippen LogP contribution < -0.4 is 4.74 Å². The monoisotopic (exact) mass is 325 g/mol. The average Bonchev–Trinajstić information content (AvgIpc) is 3.17. The number of nitrogens with one attached hydrogen (secondary N) is 1. The van der Waals surface area contributed by atoms with Gasteiger partial charge >= 0.3 is 0 Å². The van der Waals surface area contributed by atoms with Crippen molar-refractivity contribution in [1.29, 1.82) is 0 Å². The van der Waals surface area contributed by atoms with Crippen molar-refractivity contribution in [2.75, 3.05) is 7.11 Å². The van der Waals surface area contributed by atoms with Crippen LogP contribution in [0, 0.1) is 5.92 Å². The van der Waals surface area contributed by atoms with Gasteiger partial charge in [-0.3, -0.25) is 4.79 Å². The molecular formula is C19H23N3O2. The maximum atomic E-state index is 12.7. The molecule has 0 bridgehead atoms. The van der Waals surface area contributed by atoms with Gasteiger partial charge in [0.25, 0.3) is 0 Å². The van der Waals surface area contributed by atoms with Crippen LogP contribution in [0.2, 0.25) is 0 Å². The molecule has 0 aliphatic heterocycles. The van der Waals surface area contributed by atoms with Crippen LogP contribution in [0.25, 0.3) is 10.9 Å². The number of carbonyl (C=O) groups excluding carboxylic acids is 1. The number of Topliss-reactive ketones (excluding diaryl/α,β-unsaturated/α-hetero) is 1. The van der Waals surface area contributed by atoms with E-state index < -0.39 is 0 Å². The van der Waals surface area contributed by atoms with E-state index in [1.807, 2.05) is 31.4 Å². The summed E-state index contributed by atoms with van der Waals surface area (Å²) in [7, 11) is 3.51. The maximum Gasteiger partial charge on any atom is 0.198 e. The number of nitrogens with zero attached hydrogens (tertiary/aromatic N) is 2. The molecule has 24 heavy (non-hydrogen) atoms. The number of hydrogen-bond donors (Lipinski definition) is 1. The second-order valence-electron chi connectivity index (χ2n) is 6.50. The van der Waals surface area contributed by atoms with Crippen molar-refractivity contribution in [2.24, 2.45) is 13.0 Å². The highest BCUT2D eigenvalue weighted by atomic mass is 16.5. The summed E-state index contributed by atoms with van der Waals surface area (Å²) in [5.41, 5.74) is 2.21.